The number of nitro groups is 1. The minimum absolute atomic E-state index is 0.142. The van der Waals surface area contributed by atoms with Crippen LogP contribution in [-0.2, 0) is 11.2 Å². The van der Waals surface area contributed by atoms with E-state index in [1.807, 2.05) is 0 Å². The van der Waals surface area contributed by atoms with E-state index in [0.717, 1.165) is 31.7 Å². The summed E-state index contributed by atoms with van der Waals surface area (Å²) in [7, 11) is 0. The van der Waals surface area contributed by atoms with Gasteiger partial charge in [0.1, 0.15) is 11.6 Å². The molecule has 1 aliphatic carbocycles. The molecule has 0 N–H and O–H groups in total. The van der Waals surface area contributed by atoms with E-state index in [4.69, 9.17) is 0 Å². The molecule has 1 aromatic carbocycles. The Balaban J connectivity index is 1.98. The summed E-state index contributed by atoms with van der Waals surface area (Å²) >= 11 is 0. The van der Waals surface area contributed by atoms with Crippen LogP contribution in [0.4, 0.5) is 10.1 Å². The quantitative estimate of drug-likeness (QED) is 0.605. The predicted octanol–water partition coefficient (Wildman–Crippen LogP) is 3.43. The van der Waals surface area contributed by atoms with Gasteiger partial charge in [0.05, 0.1) is 11.0 Å². The molecule has 1 fully saturated rings. The van der Waals surface area contributed by atoms with Crippen molar-refractivity contribution in [2.24, 2.45) is 5.92 Å². The van der Waals surface area contributed by atoms with E-state index in [-0.39, 0.29) is 17.4 Å². The average Bonchev–Trinajstić information content (AvgIpc) is 2.89. The summed E-state index contributed by atoms with van der Waals surface area (Å²) in [5.74, 6) is -0.287. The van der Waals surface area contributed by atoms with Gasteiger partial charge in [-0.15, -0.1) is 0 Å². The van der Waals surface area contributed by atoms with Gasteiger partial charge < -0.3 is 0 Å². The molecule has 1 aromatic rings. The van der Waals surface area contributed by atoms with Gasteiger partial charge >= 0.3 is 0 Å². The highest BCUT2D eigenvalue weighted by Crippen LogP contribution is 2.27. The Morgan fingerprint density at radius 2 is 2.00 bits per heavy atom. The lowest BCUT2D eigenvalue weighted by Crippen LogP contribution is -2.11. The van der Waals surface area contributed by atoms with Crippen LogP contribution in [-0.4, -0.2) is 10.7 Å². The van der Waals surface area contributed by atoms with Crippen LogP contribution >= 0.6 is 0 Å². The Bertz CT molecular complexity index is 495. The molecule has 0 unspecified atom stereocenters. The van der Waals surface area contributed by atoms with Crippen LogP contribution in [0, 0.1) is 21.8 Å². The van der Waals surface area contributed by atoms with E-state index >= 15 is 0 Å². The Kier molecular flexibility index (Phi) is 4.24. The lowest BCUT2D eigenvalue weighted by Gasteiger charge is -2.07. The number of carbonyl (C=O) groups is 1. The summed E-state index contributed by atoms with van der Waals surface area (Å²) in [6.07, 6.45) is 4.80. The third kappa shape index (κ3) is 3.59. The molecule has 4 nitrogen and oxygen atoms in total. The highest BCUT2D eigenvalue weighted by atomic mass is 19.1. The van der Waals surface area contributed by atoms with Gasteiger partial charge in [0.2, 0.25) is 0 Å². The maximum absolute atomic E-state index is 13.2. The van der Waals surface area contributed by atoms with Crippen LogP contribution in [0.15, 0.2) is 18.2 Å². The summed E-state index contributed by atoms with van der Waals surface area (Å²) in [6, 6.07) is 3.49. The molecule has 0 spiro atoms. The molecule has 0 radical (unpaired) electrons. The number of carbonyl (C=O) groups excluding carboxylic acids is 1. The smallest absolute Gasteiger partial charge is 0.272 e. The summed E-state index contributed by atoms with van der Waals surface area (Å²) in [4.78, 5) is 21.9. The third-order valence-electron chi connectivity index (χ3n) is 3.62. The average molecular weight is 265 g/mol. The standard InChI is InChI=1S/C14H16FNO3/c15-12-7-10(8-13(9-12)16(18)19)5-6-14(17)11-3-1-2-4-11/h7-9,11H,1-6H2. The molecule has 0 saturated heterocycles. The maximum atomic E-state index is 13.2. The van der Waals surface area contributed by atoms with Crippen molar-refractivity contribution in [2.75, 3.05) is 0 Å². The minimum atomic E-state index is -0.627. The second-order valence-electron chi connectivity index (χ2n) is 5.02. The first-order chi connectivity index (χ1) is 9.06. The fourth-order valence-electron chi connectivity index (χ4n) is 2.60. The number of halogens is 1. The molecule has 0 amide bonds. The molecule has 102 valence electrons. The fourth-order valence-corrected chi connectivity index (χ4v) is 2.60. The number of hydrogen-bond acceptors (Lipinski definition) is 3. The zero-order valence-electron chi connectivity index (χ0n) is 10.6. The number of Topliss-reactive ketones (excluding diaryl/α,β-unsaturated/α-hetero) is 1. The topological polar surface area (TPSA) is 60.2 Å². The van der Waals surface area contributed by atoms with Crippen LogP contribution in [0.1, 0.15) is 37.7 Å². The van der Waals surface area contributed by atoms with E-state index in [1.165, 1.54) is 12.1 Å². The number of ketones is 1. The molecule has 0 heterocycles. The lowest BCUT2D eigenvalue weighted by atomic mass is 9.96. The van der Waals surface area contributed by atoms with Crippen molar-refractivity contribution in [1.82, 2.24) is 0 Å². The van der Waals surface area contributed by atoms with Crippen molar-refractivity contribution in [1.29, 1.82) is 0 Å². The first kappa shape index (κ1) is 13.6. The molecule has 19 heavy (non-hydrogen) atoms. The molecule has 2 rings (SSSR count). The number of hydrogen-bond donors (Lipinski definition) is 0. The zero-order chi connectivity index (χ0) is 13.8. The van der Waals surface area contributed by atoms with Crippen molar-refractivity contribution in [3.8, 4) is 0 Å². The Hall–Kier alpha value is -1.78. The van der Waals surface area contributed by atoms with E-state index < -0.39 is 10.7 Å². The molecule has 1 aliphatic rings. The Morgan fingerprint density at radius 3 is 2.63 bits per heavy atom. The number of benzene rings is 1. The van der Waals surface area contributed by atoms with Gasteiger partial charge in [-0.25, -0.2) is 4.39 Å². The van der Waals surface area contributed by atoms with Crippen LogP contribution in [0.2, 0.25) is 0 Å². The lowest BCUT2D eigenvalue weighted by molar-refractivity contribution is -0.385. The van der Waals surface area contributed by atoms with Crippen LogP contribution in [0.25, 0.3) is 0 Å². The second kappa shape index (κ2) is 5.91. The van der Waals surface area contributed by atoms with E-state index in [9.17, 15) is 19.3 Å². The van der Waals surface area contributed by atoms with Crippen LogP contribution in [0.3, 0.4) is 0 Å². The predicted molar refractivity (Wildman–Crippen MR) is 68.3 cm³/mol. The fraction of sp³-hybridized carbons (Fsp3) is 0.500. The van der Waals surface area contributed by atoms with Gasteiger partial charge in [0.15, 0.2) is 0 Å². The third-order valence-corrected chi connectivity index (χ3v) is 3.62. The van der Waals surface area contributed by atoms with Gasteiger partial charge in [-0.1, -0.05) is 12.8 Å². The molecule has 0 aliphatic heterocycles. The summed E-state index contributed by atoms with van der Waals surface area (Å²) in [5, 5.41) is 10.6. The van der Waals surface area contributed by atoms with Gasteiger partial charge in [-0.3, -0.25) is 14.9 Å². The van der Waals surface area contributed by atoms with Crippen molar-refractivity contribution < 1.29 is 14.1 Å². The molecule has 0 atom stereocenters. The number of non-ortho nitro benzene ring substituents is 1. The van der Waals surface area contributed by atoms with E-state index in [0.29, 0.717) is 18.4 Å². The molecule has 0 bridgehead atoms. The van der Waals surface area contributed by atoms with Crippen molar-refractivity contribution in [3.63, 3.8) is 0 Å². The molecular weight excluding hydrogens is 249 g/mol. The van der Waals surface area contributed by atoms with Gasteiger partial charge in [0, 0.05) is 18.4 Å². The second-order valence-corrected chi connectivity index (χ2v) is 5.02. The summed E-state index contributed by atoms with van der Waals surface area (Å²) < 4.78 is 13.2. The van der Waals surface area contributed by atoms with Crippen molar-refractivity contribution >= 4 is 11.5 Å². The number of nitro benzene ring substituents is 1. The largest absolute Gasteiger partial charge is 0.299 e. The first-order valence-electron chi connectivity index (χ1n) is 6.53. The normalized spacial score (nSPS) is 15.6. The Morgan fingerprint density at radius 1 is 1.32 bits per heavy atom. The minimum Gasteiger partial charge on any atom is -0.299 e. The van der Waals surface area contributed by atoms with Crippen molar-refractivity contribution in [3.05, 3.63) is 39.7 Å². The van der Waals surface area contributed by atoms with Crippen molar-refractivity contribution in [2.45, 2.75) is 38.5 Å². The Labute approximate surface area is 110 Å². The number of rotatable bonds is 5. The molecule has 5 heteroatoms. The number of aryl methyl sites for hydroxylation is 1. The SMILES string of the molecule is O=C(CCc1cc(F)cc([N+](=O)[O-])c1)C1CCCC1. The van der Waals surface area contributed by atoms with Crippen LogP contribution < -0.4 is 0 Å². The monoisotopic (exact) mass is 265 g/mol. The first-order valence-corrected chi connectivity index (χ1v) is 6.53. The summed E-state index contributed by atoms with van der Waals surface area (Å²) in [6.45, 7) is 0. The molecular formula is C14H16FNO3. The van der Waals surface area contributed by atoms with Gasteiger partial charge in [0.25, 0.3) is 5.69 Å². The van der Waals surface area contributed by atoms with Crippen LogP contribution in [0.5, 0.6) is 0 Å². The van der Waals surface area contributed by atoms with Gasteiger partial charge in [-0.2, -0.15) is 0 Å². The highest BCUT2D eigenvalue weighted by molar-refractivity contribution is 5.81. The maximum Gasteiger partial charge on any atom is 0.272 e. The zero-order valence-corrected chi connectivity index (χ0v) is 10.6. The van der Waals surface area contributed by atoms with Gasteiger partial charge in [-0.05, 0) is 30.9 Å². The number of nitrogens with zero attached hydrogens (tertiary/aromatic N) is 1. The molecule has 0 aromatic heterocycles. The van der Waals surface area contributed by atoms with E-state index in [2.05, 4.69) is 0 Å². The molecule has 1 saturated carbocycles. The highest BCUT2D eigenvalue weighted by Gasteiger charge is 2.22. The summed E-state index contributed by atoms with van der Waals surface area (Å²) in [5.41, 5.74) is 0.251. The van der Waals surface area contributed by atoms with E-state index in [1.54, 1.807) is 0 Å².